The Morgan fingerprint density at radius 3 is 2.62 bits per heavy atom. The van der Waals surface area contributed by atoms with Crippen molar-refractivity contribution in [3.8, 4) is 0 Å². The number of rotatable bonds is 5. The molecule has 0 unspecified atom stereocenters. The lowest BCUT2D eigenvalue weighted by molar-refractivity contribution is -0.137. The van der Waals surface area contributed by atoms with Gasteiger partial charge in [-0.05, 0) is 44.0 Å². The summed E-state index contributed by atoms with van der Waals surface area (Å²) in [4.78, 5) is 13.7. The Morgan fingerprint density at radius 2 is 1.92 bits per heavy atom. The Kier molecular flexibility index (Phi) is 4.67. The Labute approximate surface area is 146 Å². The van der Waals surface area contributed by atoms with Crippen molar-refractivity contribution in [2.45, 2.75) is 43.5 Å². The van der Waals surface area contributed by atoms with E-state index in [1.54, 1.807) is 11.8 Å². The first-order chi connectivity index (χ1) is 11.5. The smallest absolute Gasteiger partial charge is 0.323 e. The van der Waals surface area contributed by atoms with E-state index < -0.39 is 5.97 Å². The summed E-state index contributed by atoms with van der Waals surface area (Å²) in [6, 6.07) is 14.6. The lowest BCUT2D eigenvalue weighted by Crippen LogP contribution is -2.09. The van der Waals surface area contributed by atoms with E-state index in [-0.39, 0.29) is 6.54 Å². The standard InChI is InChI=1S/C20H21NO2S/c1-4-15-7-5-6-8-18(15)24-20-14(3)21(12-19(22)23)17-10-9-13(2)11-16(17)20/h5-11H,4,12H2,1-3H3,(H,22,23). The van der Waals surface area contributed by atoms with E-state index in [4.69, 9.17) is 0 Å². The second kappa shape index (κ2) is 6.73. The molecule has 0 amide bonds. The highest BCUT2D eigenvalue weighted by molar-refractivity contribution is 7.99. The Bertz CT molecular complexity index is 911. The van der Waals surface area contributed by atoms with Crippen LogP contribution in [-0.4, -0.2) is 15.6 Å². The van der Waals surface area contributed by atoms with E-state index in [1.807, 2.05) is 23.6 Å². The molecule has 124 valence electrons. The van der Waals surface area contributed by atoms with Gasteiger partial charge in [0, 0.05) is 26.4 Å². The molecule has 0 spiro atoms. The van der Waals surface area contributed by atoms with Crippen LogP contribution < -0.4 is 0 Å². The Balaban J connectivity index is 2.18. The number of carboxylic acids is 1. The van der Waals surface area contributed by atoms with Gasteiger partial charge in [0.1, 0.15) is 6.54 Å². The number of carboxylic acid groups (broad SMARTS) is 1. The van der Waals surface area contributed by atoms with Crippen LogP contribution in [0.5, 0.6) is 0 Å². The number of fused-ring (bicyclic) bond motifs is 1. The summed E-state index contributed by atoms with van der Waals surface area (Å²) in [5, 5.41) is 10.4. The van der Waals surface area contributed by atoms with Crippen LogP contribution in [0.25, 0.3) is 10.9 Å². The van der Waals surface area contributed by atoms with E-state index in [1.165, 1.54) is 16.0 Å². The first kappa shape index (κ1) is 16.7. The molecule has 0 aliphatic heterocycles. The number of nitrogens with zero attached hydrogens (tertiary/aromatic N) is 1. The first-order valence-electron chi connectivity index (χ1n) is 8.08. The van der Waals surface area contributed by atoms with Gasteiger partial charge < -0.3 is 9.67 Å². The molecule has 3 aromatic rings. The zero-order valence-corrected chi connectivity index (χ0v) is 15.0. The molecule has 0 bridgehead atoms. The number of aryl methyl sites for hydroxylation is 2. The Hall–Kier alpha value is -2.20. The van der Waals surface area contributed by atoms with Gasteiger partial charge >= 0.3 is 5.97 Å². The van der Waals surface area contributed by atoms with Gasteiger partial charge in [-0.1, -0.05) is 48.5 Å². The highest BCUT2D eigenvalue weighted by Gasteiger charge is 2.17. The van der Waals surface area contributed by atoms with Gasteiger partial charge in [0.25, 0.3) is 0 Å². The topological polar surface area (TPSA) is 42.2 Å². The lowest BCUT2D eigenvalue weighted by Gasteiger charge is -2.08. The van der Waals surface area contributed by atoms with Crippen LogP contribution in [0.3, 0.4) is 0 Å². The molecule has 0 aliphatic carbocycles. The quantitative estimate of drug-likeness (QED) is 0.707. The molecule has 3 nitrogen and oxygen atoms in total. The minimum atomic E-state index is -0.818. The van der Waals surface area contributed by atoms with Crippen LogP contribution in [0.1, 0.15) is 23.7 Å². The fraction of sp³-hybridized carbons (Fsp3) is 0.250. The zero-order valence-electron chi connectivity index (χ0n) is 14.2. The second-order valence-corrected chi connectivity index (χ2v) is 7.03. The molecule has 1 N–H and O–H groups in total. The maximum absolute atomic E-state index is 11.3. The lowest BCUT2D eigenvalue weighted by atomic mass is 10.2. The van der Waals surface area contributed by atoms with Gasteiger partial charge in [0.15, 0.2) is 0 Å². The minimum Gasteiger partial charge on any atom is -0.480 e. The van der Waals surface area contributed by atoms with Crippen molar-refractivity contribution in [3.05, 3.63) is 59.3 Å². The van der Waals surface area contributed by atoms with Gasteiger partial charge in [-0.15, -0.1) is 0 Å². The van der Waals surface area contributed by atoms with Crippen LogP contribution >= 0.6 is 11.8 Å². The van der Waals surface area contributed by atoms with Crippen molar-refractivity contribution in [2.75, 3.05) is 0 Å². The molecule has 3 rings (SSSR count). The fourth-order valence-electron chi connectivity index (χ4n) is 3.04. The maximum atomic E-state index is 11.3. The molecule has 2 aromatic carbocycles. The summed E-state index contributed by atoms with van der Waals surface area (Å²) in [6.45, 7) is 6.22. The fourth-order valence-corrected chi connectivity index (χ4v) is 4.28. The van der Waals surface area contributed by atoms with E-state index in [0.717, 1.165) is 27.9 Å². The molecule has 0 aliphatic rings. The summed E-state index contributed by atoms with van der Waals surface area (Å²) in [5.74, 6) is -0.818. The van der Waals surface area contributed by atoms with E-state index >= 15 is 0 Å². The molecule has 0 saturated carbocycles. The Morgan fingerprint density at radius 1 is 1.17 bits per heavy atom. The second-order valence-electron chi connectivity index (χ2n) is 5.98. The predicted octanol–water partition coefficient (Wildman–Crippen LogP) is 5.06. The summed E-state index contributed by atoms with van der Waals surface area (Å²) >= 11 is 1.74. The van der Waals surface area contributed by atoms with Gasteiger partial charge in [-0.25, -0.2) is 0 Å². The van der Waals surface area contributed by atoms with E-state index in [0.29, 0.717) is 0 Å². The number of aromatic nitrogens is 1. The van der Waals surface area contributed by atoms with Crippen LogP contribution in [0.4, 0.5) is 0 Å². The number of carbonyl (C=O) groups is 1. The summed E-state index contributed by atoms with van der Waals surface area (Å²) in [5.41, 5.74) is 4.49. The third-order valence-corrected chi connectivity index (χ3v) is 5.62. The molecular weight excluding hydrogens is 318 g/mol. The van der Waals surface area contributed by atoms with Gasteiger partial charge in [0.2, 0.25) is 0 Å². The van der Waals surface area contributed by atoms with Gasteiger partial charge in [0.05, 0.1) is 0 Å². The largest absolute Gasteiger partial charge is 0.480 e. The predicted molar refractivity (Wildman–Crippen MR) is 99.0 cm³/mol. The molecule has 24 heavy (non-hydrogen) atoms. The molecule has 4 heteroatoms. The van der Waals surface area contributed by atoms with E-state index in [9.17, 15) is 9.90 Å². The number of aliphatic carboxylic acids is 1. The molecule has 0 saturated heterocycles. The molecule has 1 heterocycles. The number of hydrogen-bond acceptors (Lipinski definition) is 2. The van der Waals surface area contributed by atoms with Crippen LogP contribution in [-0.2, 0) is 17.8 Å². The highest BCUT2D eigenvalue weighted by Crippen LogP contribution is 2.40. The van der Waals surface area contributed by atoms with Crippen LogP contribution in [0.15, 0.2) is 52.3 Å². The van der Waals surface area contributed by atoms with Crippen molar-refractivity contribution in [1.82, 2.24) is 4.57 Å². The van der Waals surface area contributed by atoms with Crippen molar-refractivity contribution in [3.63, 3.8) is 0 Å². The molecule has 1 aromatic heterocycles. The molecular formula is C20H21NO2S. The molecule has 0 atom stereocenters. The van der Waals surface area contributed by atoms with Gasteiger partial charge in [-0.2, -0.15) is 0 Å². The SMILES string of the molecule is CCc1ccccc1Sc1c(C)n(CC(=O)O)c2ccc(C)cc12. The molecule has 0 fully saturated rings. The van der Waals surface area contributed by atoms with Crippen molar-refractivity contribution < 1.29 is 9.90 Å². The van der Waals surface area contributed by atoms with E-state index in [2.05, 4.69) is 44.2 Å². The van der Waals surface area contributed by atoms with Crippen molar-refractivity contribution in [1.29, 1.82) is 0 Å². The summed E-state index contributed by atoms with van der Waals surface area (Å²) in [6.07, 6.45) is 0.981. The van der Waals surface area contributed by atoms with Crippen molar-refractivity contribution in [2.24, 2.45) is 0 Å². The third kappa shape index (κ3) is 3.06. The average molecular weight is 339 g/mol. The molecule has 0 radical (unpaired) electrons. The normalized spacial score (nSPS) is 11.1. The number of hydrogen-bond donors (Lipinski definition) is 1. The maximum Gasteiger partial charge on any atom is 0.323 e. The first-order valence-corrected chi connectivity index (χ1v) is 8.90. The van der Waals surface area contributed by atoms with Crippen LogP contribution in [0.2, 0.25) is 0 Å². The summed E-state index contributed by atoms with van der Waals surface area (Å²) < 4.78 is 1.90. The minimum absolute atomic E-state index is 0.0125. The summed E-state index contributed by atoms with van der Waals surface area (Å²) in [7, 11) is 0. The van der Waals surface area contributed by atoms with Crippen LogP contribution in [0, 0.1) is 13.8 Å². The third-order valence-electron chi connectivity index (χ3n) is 4.28. The highest BCUT2D eigenvalue weighted by atomic mass is 32.2. The van der Waals surface area contributed by atoms with Gasteiger partial charge in [-0.3, -0.25) is 4.79 Å². The average Bonchev–Trinajstić information content (AvgIpc) is 2.80. The number of benzene rings is 2. The monoisotopic (exact) mass is 339 g/mol. The van der Waals surface area contributed by atoms with Crippen molar-refractivity contribution >= 4 is 28.6 Å². The zero-order chi connectivity index (χ0) is 17.3.